The molecule has 3 heterocycles. The Labute approximate surface area is 151 Å². The minimum atomic E-state index is 0.140. The average Bonchev–Trinajstić information content (AvgIpc) is 3.23. The van der Waals surface area contributed by atoms with Gasteiger partial charge in [0, 0.05) is 43.0 Å². The number of rotatable bonds is 4. The molecule has 1 aromatic carbocycles. The number of nitrogens with zero attached hydrogens (tertiary/aromatic N) is 5. The van der Waals surface area contributed by atoms with Gasteiger partial charge in [0.1, 0.15) is 11.4 Å². The molecule has 8 heteroatoms. The van der Waals surface area contributed by atoms with E-state index in [1.54, 1.807) is 24.7 Å². The molecule has 0 spiro atoms. The normalized spacial score (nSPS) is 17.4. The van der Waals surface area contributed by atoms with Gasteiger partial charge in [0.05, 0.1) is 12.4 Å². The molecule has 3 N–H and O–H groups in total. The second kappa shape index (κ2) is 7.09. The number of phenols is 1. The number of piperazine rings is 1. The van der Waals surface area contributed by atoms with Crippen LogP contribution in [0.5, 0.6) is 5.75 Å². The van der Waals surface area contributed by atoms with Crippen LogP contribution in [0.2, 0.25) is 0 Å². The Morgan fingerprint density at radius 1 is 1.23 bits per heavy atom. The number of H-pyrrole nitrogens is 1. The van der Waals surface area contributed by atoms with Crippen molar-refractivity contribution in [3.05, 3.63) is 36.8 Å². The first-order valence-electron chi connectivity index (χ1n) is 8.75. The quantitative estimate of drug-likeness (QED) is 0.659. The molecule has 1 saturated heterocycles. The zero-order chi connectivity index (χ0) is 17.9. The lowest BCUT2D eigenvalue weighted by atomic mass is 10.0. The van der Waals surface area contributed by atoms with Crippen LogP contribution in [0.15, 0.2) is 36.8 Å². The number of benzene rings is 1. The fourth-order valence-corrected chi connectivity index (χ4v) is 3.15. The lowest BCUT2D eigenvalue weighted by molar-refractivity contribution is 0.442. The van der Waals surface area contributed by atoms with E-state index in [9.17, 15) is 5.11 Å². The van der Waals surface area contributed by atoms with E-state index in [0.717, 1.165) is 37.2 Å². The van der Waals surface area contributed by atoms with E-state index in [0.29, 0.717) is 23.2 Å². The van der Waals surface area contributed by atoms with Crippen LogP contribution in [0.4, 0.5) is 5.95 Å². The summed E-state index contributed by atoms with van der Waals surface area (Å²) < 4.78 is 0. The van der Waals surface area contributed by atoms with E-state index in [1.165, 1.54) is 0 Å². The van der Waals surface area contributed by atoms with Gasteiger partial charge in [0.15, 0.2) is 0 Å². The van der Waals surface area contributed by atoms with Crippen molar-refractivity contribution in [1.82, 2.24) is 30.7 Å². The Hall–Kier alpha value is -3.00. The second-order valence-corrected chi connectivity index (χ2v) is 6.37. The lowest BCUT2D eigenvalue weighted by Crippen LogP contribution is -2.51. The largest absolute Gasteiger partial charge is 0.507 e. The highest BCUT2D eigenvalue weighted by atomic mass is 16.3. The van der Waals surface area contributed by atoms with Gasteiger partial charge >= 0.3 is 0 Å². The highest BCUT2D eigenvalue weighted by Gasteiger charge is 2.20. The lowest BCUT2D eigenvalue weighted by Gasteiger charge is -2.32. The van der Waals surface area contributed by atoms with Crippen molar-refractivity contribution in [1.29, 1.82) is 0 Å². The van der Waals surface area contributed by atoms with E-state index in [-0.39, 0.29) is 5.75 Å². The fourth-order valence-electron chi connectivity index (χ4n) is 3.15. The third-order valence-electron chi connectivity index (χ3n) is 4.69. The maximum atomic E-state index is 10.4. The van der Waals surface area contributed by atoms with E-state index >= 15 is 0 Å². The van der Waals surface area contributed by atoms with Gasteiger partial charge in [-0.25, -0.2) is 4.98 Å². The number of aromatic amines is 1. The molecule has 2 aromatic heterocycles. The molecule has 134 valence electrons. The molecule has 0 amide bonds. The van der Waals surface area contributed by atoms with Crippen molar-refractivity contribution in [2.45, 2.75) is 19.4 Å². The SMILES string of the molecule is CC[C@H]1CN(c2ncc(-c3ccc(-c4cn[nH]c4)cc3O)nn2)CCN1. The third-order valence-corrected chi connectivity index (χ3v) is 4.69. The maximum Gasteiger partial charge on any atom is 0.245 e. The molecule has 4 rings (SSSR count). The van der Waals surface area contributed by atoms with Crippen LogP contribution in [-0.4, -0.2) is 56.2 Å². The monoisotopic (exact) mass is 351 g/mol. The molecule has 26 heavy (non-hydrogen) atoms. The summed E-state index contributed by atoms with van der Waals surface area (Å²) in [6, 6.07) is 5.88. The predicted octanol–water partition coefficient (Wildman–Crippen LogP) is 1.82. The predicted molar refractivity (Wildman–Crippen MR) is 98.8 cm³/mol. The molecule has 3 aromatic rings. The van der Waals surface area contributed by atoms with Crippen LogP contribution in [-0.2, 0) is 0 Å². The van der Waals surface area contributed by atoms with Crippen molar-refractivity contribution in [2.24, 2.45) is 0 Å². The summed E-state index contributed by atoms with van der Waals surface area (Å²) in [5, 5.41) is 29.1. The van der Waals surface area contributed by atoms with E-state index in [2.05, 4.69) is 42.5 Å². The van der Waals surface area contributed by atoms with Crippen molar-refractivity contribution in [3.63, 3.8) is 0 Å². The van der Waals surface area contributed by atoms with E-state index in [4.69, 9.17) is 0 Å². The topological polar surface area (TPSA) is 103 Å². The van der Waals surface area contributed by atoms with E-state index in [1.807, 2.05) is 12.1 Å². The molecule has 1 aliphatic heterocycles. The van der Waals surface area contributed by atoms with Gasteiger partial charge in [-0.05, 0) is 24.1 Å². The van der Waals surface area contributed by atoms with Crippen LogP contribution in [0.3, 0.4) is 0 Å². The number of phenolic OH excluding ortho intramolecular Hbond substituents is 1. The third kappa shape index (κ3) is 3.23. The van der Waals surface area contributed by atoms with Gasteiger partial charge in [0.25, 0.3) is 0 Å². The number of aromatic hydroxyl groups is 1. The van der Waals surface area contributed by atoms with Crippen molar-refractivity contribution in [2.75, 3.05) is 24.5 Å². The average molecular weight is 351 g/mol. The van der Waals surface area contributed by atoms with Crippen LogP contribution < -0.4 is 10.2 Å². The second-order valence-electron chi connectivity index (χ2n) is 6.37. The number of nitrogens with one attached hydrogen (secondary N) is 2. The van der Waals surface area contributed by atoms with Gasteiger partial charge in [-0.2, -0.15) is 5.10 Å². The summed E-state index contributed by atoms with van der Waals surface area (Å²) in [6.45, 7) is 4.82. The molecule has 1 aliphatic rings. The molecule has 1 fully saturated rings. The highest BCUT2D eigenvalue weighted by molar-refractivity contribution is 5.73. The van der Waals surface area contributed by atoms with Crippen molar-refractivity contribution >= 4 is 5.95 Å². The summed E-state index contributed by atoms with van der Waals surface area (Å²) in [7, 11) is 0. The van der Waals surface area contributed by atoms with Crippen LogP contribution in [0.25, 0.3) is 22.4 Å². The molecular weight excluding hydrogens is 330 g/mol. The Kier molecular flexibility index (Phi) is 4.49. The first kappa shape index (κ1) is 16.5. The summed E-state index contributed by atoms with van der Waals surface area (Å²) in [5.41, 5.74) is 2.95. The van der Waals surface area contributed by atoms with Gasteiger partial charge in [-0.1, -0.05) is 13.0 Å². The minimum absolute atomic E-state index is 0.140. The number of anilines is 1. The van der Waals surface area contributed by atoms with E-state index < -0.39 is 0 Å². The van der Waals surface area contributed by atoms with Gasteiger partial charge in [-0.3, -0.25) is 5.10 Å². The number of hydrogen-bond donors (Lipinski definition) is 3. The smallest absolute Gasteiger partial charge is 0.245 e. The highest BCUT2D eigenvalue weighted by Crippen LogP contribution is 2.31. The first-order chi connectivity index (χ1) is 12.7. The van der Waals surface area contributed by atoms with Crippen LogP contribution >= 0.6 is 0 Å². The number of hydrogen-bond acceptors (Lipinski definition) is 7. The zero-order valence-corrected chi connectivity index (χ0v) is 14.6. The molecule has 0 bridgehead atoms. The Morgan fingerprint density at radius 2 is 2.15 bits per heavy atom. The minimum Gasteiger partial charge on any atom is -0.507 e. The molecular formula is C18H21N7O. The van der Waals surface area contributed by atoms with Crippen molar-refractivity contribution < 1.29 is 5.11 Å². The standard InChI is InChI=1S/C18H21N7O/c1-2-14-11-25(6-5-19-14)18-20-10-16(23-24-18)15-4-3-12(7-17(15)26)13-8-21-22-9-13/h3-4,7-10,14,19,26H,2,5-6,11H2,1H3,(H,21,22)/t14-/m0/s1. The van der Waals surface area contributed by atoms with Gasteiger partial charge < -0.3 is 15.3 Å². The number of aromatic nitrogens is 5. The van der Waals surface area contributed by atoms with Gasteiger partial charge in [0.2, 0.25) is 5.95 Å². The Bertz CT molecular complexity index is 864. The van der Waals surface area contributed by atoms with Crippen LogP contribution in [0.1, 0.15) is 13.3 Å². The maximum absolute atomic E-state index is 10.4. The Morgan fingerprint density at radius 3 is 2.85 bits per heavy atom. The fraction of sp³-hybridized carbons (Fsp3) is 0.333. The zero-order valence-electron chi connectivity index (χ0n) is 14.6. The summed E-state index contributed by atoms with van der Waals surface area (Å²) >= 11 is 0. The molecule has 0 radical (unpaired) electrons. The summed E-state index contributed by atoms with van der Waals surface area (Å²) in [4.78, 5) is 6.60. The van der Waals surface area contributed by atoms with Gasteiger partial charge in [-0.15, -0.1) is 10.2 Å². The molecule has 0 aliphatic carbocycles. The Balaban J connectivity index is 1.55. The summed E-state index contributed by atoms with van der Waals surface area (Å²) in [6.07, 6.45) is 6.22. The summed E-state index contributed by atoms with van der Waals surface area (Å²) in [5.74, 6) is 0.768. The van der Waals surface area contributed by atoms with Crippen LogP contribution in [0, 0.1) is 0 Å². The molecule has 1 atom stereocenters. The molecule has 0 saturated carbocycles. The molecule has 8 nitrogen and oxygen atoms in total. The molecule has 0 unspecified atom stereocenters. The van der Waals surface area contributed by atoms with Crippen molar-refractivity contribution in [3.8, 4) is 28.1 Å². The first-order valence-corrected chi connectivity index (χ1v) is 8.75.